The second-order valence-electron chi connectivity index (χ2n) is 8.63. The molecule has 2 aromatic rings. The summed E-state index contributed by atoms with van der Waals surface area (Å²) in [5, 5.41) is 26.4. The summed E-state index contributed by atoms with van der Waals surface area (Å²) in [6.07, 6.45) is 3.19. The lowest BCUT2D eigenvalue weighted by Crippen LogP contribution is -2.58. The molecule has 2 rings (SSSR count). The molecule has 0 aliphatic heterocycles. The van der Waals surface area contributed by atoms with Gasteiger partial charge in [0.05, 0.1) is 12.4 Å². The Bertz CT molecular complexity index is 1030. The van der Waals surface area contributed by atoms with Gasteiger partial charge in [-0.05, 0) is 23.6 Å². The highest BCUT2D eigenvalue weighted by molar-refractivity contribution is 7.80. The van der Waals surface area contributed by atoms with Crippen molar-refractivity contribution in [2.75, 3.05) is 5.75 Å². The molecule has 4 unspecified atom stereocenters. The number of phenols is 1. The van der Waals surface area contributed by atoms with Crippen molar-refractivity contribution in [1.29, 1.82) is 0 Å². The van der Waals surface area contributed by atoms with Crippen LogP contribution >= 0.6 is 12.6 Å². The minimum Gasteiger partial charge on any atom is -0.508 e. The standard InChI is InChI=1S/C23H32N6O6S/c1-12(2)19(23(34)35)29-22(33)18(10-36)28-21(32)17(7-13-3-5-15(30)6-4-13)27-20(31)16(24)8-14-9-25-11-26-14/h3-6,9,11-12,16-19,30,36H,7-8,10,24H2,1-2H3,(H,25,26)(H,27,31)(H,28,32)(H,29,33)(H,34,35). The van der Waals surface area contributed by atoms with Crippen LogP contribution in [0, 0.1) is 5.92 Å². The lowest BCUT2D eigenvalue weighted by Gasteiger charge is -2.25. The number of hydrogen-bond acceptors (Lipinski definition) is 8. The van der Waals surface area contributed by atoms with Crippen LogP contribution in [-0.4, -0.2) is 73.8 Å². The largest absolute Gasteiger partial charge is 0.508 e. The van der Waals surface area contributed by atoms with Gasteiger partial charge in [0, 0.05) is 30.5 Å². The van der Waals surface area contributed by atoms with Crippen molar-refractivity contribution in [2.24, 2.45) is 11.7 Å². The molecule has 1 aromatic heterocycles. The van der Waals surface area contributed by atoms with E-state index in [1.165, 1.54) is 24.7 Å². The Morgan fingerprint density at radius 3 is 2.14 bits per heavy atom. The van der Waals surface area contributed by atoms with Crippen molar-refractivity contribution >= 4 is 36.3 Å². The molecule has 0 spiro atoms. The van der Waals surface area contributed by atoms with Crippen LogP contribution in [0.2, 0.25) is 0 Å². The van der Waals surface area contributed by atoms with Crippen LogP contribution in [0.15, 0.2) is 36.8 Å². The monoisotopic (exact) mass is 520 g/mol. The molecule has 4 atom stereocenters. The van der Waals surface area contributed by atoms with E-state index >= 15 is 0 Å². The highest BCUT2D eigenvalue weighted by atomic mass is 32.1. The zero-order chi connectivity index (χ0) is 26.8. The molecule has 13 heteroatoms. The van der Waals surface area contributed by atoms with Gasteiger partial charge in [-0.25, -0.2) is 9.78 Å². The number of rotatable bonds is 13. The van der Waals surface area contributed by atoms with Gasteiger partial charge in [-0.3, -0.25) is 14.4 Å². The molecule has 8 N–H and O–H groups in total. The summed E-state index contributed by atoms with van der Waals surface area (Å²) in [7, 11) is 0. The number of carboxylic acid groups (broad SMARTS) is 1. The third kappa shape index (κ3) is 8.57. The topological polar surface area (TPSA) is 200 Å². The number of thiol groups is 1. The quantitative estimate of drug-likeness (QED) is 0.159. The number of carbonyl (C=O) groups is 4. The molecule has 0 saturated carbocycles. The fraction of sp³-hybridized carbons (Fsp3) is 0.435. The number of nitrogens with two attached hydrogens (primary N) is 1. The molecule has 36 heavy (non-hydrogen) atoms. The van der Waals surface area contributed by atoms with Gasteiger partial charge in [-0.15, -0.1) is 0 Å². The number of amides is 3. The number of aromatic amines is 1. The molecule has 0 aliphatic rings. The van der Waals surface area contributed by atoms with E-state index in [-0.39, 0.29) is 30.3 Å². The summed E-state index contributed by atoms with van der Waals surface area (Å²) >= 11 is 4.12. The summed E-state index contributed by atoms with van der Waals surface area (Å²) < 4.78 is 0. The number of imidazole rings is 1. The van der Waals surface area contributed by atoms with Crippen molar-refractivity contribution in [1.82, 2.24) is 25.9 Å². The fourth-order valence-electron chi connectivity index (χ4n) is 3.32. The Hall–Kier alpha value is -3.58. The van der Waals surface area contributed by atoms with Crippen LogP contribution < -0.4 is 21.7 Å². The Kier molecular flexibility index (Phi) is 10.7. The Morgan fingerprint density at radius 2 is 1.61 bits per heavy atom. The van der Waals surface area contributed by atoms with Crippen LogP contribution in [-0.2, 0) is 32.0 Å². The average molecular weight is 521 g/mol. The highest BCUT2D eigenvalue weighted by Crippen LogP contribution is 2.12. The van der Waals surface area contributed by atoms with Crippen molar-refractivity contribution in [3.63, 3.8) is 0 Å². The maximum atomic E-state index is 13.2. The third-order valence-electron chi connectivity index (χ3n) is 5.39. The van der Waals surface area contributed by atoms with Gasteiger partial charge in [0.1, 0.15) is 23.9 Å². The van der Waals surface area contributed by atoms with Crippen LogP contribution in [0.4, 0.5) is 0 Å². The summed E-state index contributed by atoms with van der Waals surface area (Å²) in [6, 6.07) is 1.67. The molecule has 0 aliphatic carbocycles. The summed E-state index contributed by atoms with van der Waals surface area (Å²) in [5.74, 6) is -3.66. The number of hydrogen-bond donors (Lipinski definition) is 8. The van der Waals surface area contributed by atoms with Crippen molar-refractivity contribution in [2.45, 2.75) is 50.9 Å². The number of aromatic nitrogens is 2. The number of aliphatic carboxylic acids is 1. The van der Waals surface area contributed by atoms with Crippen LogP contribution in [0.3, 0.4) is 0 Å². The molecule has 1 aromatic carbocycles. The molecule has 0 saturated heterocycles. The van der Waals surface area contributed by atoms with Crippen molar-refractivity contribution in [3.05, 3.63) is 48.0 Å². The van der Waals surface area contributed by atoms with E-state index in [9.17, 15) is 29.4 Å². The molecule has 12 nitrogen and oxygen atoms in total. The van der Waals surface area contributed by atoms with E-state index in [1.54, 1.807) is 26.0 Å². The first kappa shape index (κ1) is 28.7. The number of H-pyrrole nitrogens is 1. The van der Waals surface area contributed by atoms with Crippen molar-refractivity contribution < 1.29 is 29.4 Å². The average Bonchev–Trinajstić information content (AvgIpc) is 3.34. The van der Waals surface area contributed by atoms with Gasteiger partial charge >= 0.3 is 5.97 Å². The van der Waals surface area contributed by atoms with Gasteiger partial charge in [-0.2, -0.15) is 12.6 Å². The van der Waals surface area contributed by atoms with Gasteiger partial charge in [0.2, 0.25) is 17.7 Å². The maximum Gasteiger partial charge on any atom is 0.326 e. The zero-order valence-corrected chi connectivity index (χ0v) is 20.9. The smallest absolute Gasteiger partial charge is 0.326 e. The molecule has 196 valence electrons. The zero-order valence-electron chi connectivity index (χ0n) is 20.0. The summed E-state index contributed by atoms with van der Waals surface area (Å²) in [6.45, 7) is 3.28. The van der Waals surface area contributed by atoms with E-state index in [0.717, 1.165) is 0 Å². The molecule has 3 amide bonds. The van der Waals surface area contributed by atoms with E-state index < -0.39 is 47.9 Å². The SMILES string of the molecule is CC(C)C(NC(=O)C(CS)NC(=O)C(Cc1ccc(O)cc1)NC(=O)C(N)Cc1cnc[nH]1)C(=O)O. The Labute approximate surface area is 213 Å². The minimum absolute atomic E-state index is 0.0373. The molecule has 0 bridgehead atoms. The lowest BCUT2D eigenvalue weighted by atomic mass is 10.0. The van der Waals surface area contributed by atoms with Crippen LogP contribution in [0.1, 0.15) is 25.1 Å². The molecule has 0 fully saturated rings. The number of phenolic OH excluding ortho intramolecular Hbond substituents is 1. The highest BCUT2D eigenvalue weighted by Gasteiger charge is 2.31. The molecule has 0 radical (unpaired) electrons. The van der Waals surface area contributed by atoms with E-state index in [1.807, 2.05) is 0 Å². The van der Waals surface area contributed by atoms with Gasteiger partial charge in [0.25, 0.3) is 0 Å². The molecular formula is C23H32N6O6S. The summed E-state index contributed by atoms with van der Waals surface area (Å²) in [5.41, 5.74) is 7.27. The first-order valence-electron chi connectivity index (χ1n) is 11.3. The van der Waals surface area contributed by atoms with Crippen LogP contribution in [0.25, 0.3) is 0 Å². The predicted molar refractivity (Wildman–Crippen MR) is 134 cm³/mol. The molecule has 1 heterocycles. The second kappa shape index (κ2) is 13.5. The van der Waals surface area contributed by atoms with Crippen LogP contribution in [0.5, 0.6) is 5.75 Å². The number of nitrogens with one attached hydrogen (secondary N) is 4. The maximum absolute atomic E-state index is 13.2. The van der Waals surface area contributed by atoms with Gasteiger partial charge in [-0.1, -0.05) is 26.0 Å². The van der Waals surface area contributed by atoms with E-state index in [2.05, 4.69) is 38.5 Å². The number of carboxylic acids is 1. The Morgan fingerprint density at radius 1 is 1.00 bits per heavy atom. The van der Waals surface area contributed by atoms with Gasteiger partial charge < -0.3 is 36.9 Å². The number of nitrogens with zero attached hydrogens (tertiary/aromatic N) is 1. The second-order valence-corrected chi connectivity index (χ2v) is 9.00. The van der Waals surface area contributed by atoms with E-state index in [0.29, 0.717) is 11.3 Å². The minimum atomic E-state index is -1.20. The number of carbonyl (C=O) groups excluding carboxylic acids is 3. The third-order valence-corrected chi connectivity index (χ3v) is 5.75. The molecular weight excluding hydrogens is 488 g/mol. The van der Waals surface area contributed by atoms with Gasteiger partial charge in [0.15, 0.2) is 0 Å². The number of benzene rings is 1. The van der Waals surface area contributed by atoms with E-state index in [4.69, 9.17) is 5.73 Å². The fourth-order valence-corrected chi connectivity index (χ4v) is 3.57. The number of aromatic hydroxyl groups is 1. The normalized spacial score (nSPS) is 14.4. The Balaban J connectivity index is 2.15. The first-order valence-corrected chi connectivity index (χ1v) is 11.9. The van der Waals surface area contributed by atoms with Crippen molar-refractivity contribution in [3.8, 4) is 5.75 Å². The lowest BCUT2D eigenvalue weighted by molar-refractivity contribution is -0.143. The predicted octanol–water partition coefficient (Wildman–Crippen LogP) is -0.647. The first-order chi connectivity index (χ1) is 17.0. The summed E-state index contributed by atoms with van der Waals surface area (Å²) in [4.78, 5) is 56.8.